The van der Waals surface area contributed by atoms with Crippen molar-refractivity contribution in [3.63, 3.8) is 0 Å². The standard InChI is InChI=1S/C17H22OSi.C16H16O2S.C14H13ClO.C14H14O2.C14H14O.C11H10O.C3H9ClSi.C3H6O.C2H4OS.Cl2OS/c1-16(18-19(2,3)4)12-8-5-6-9-13-17-14-10-7-11-15-17;1-14(17)19-13-16(18)12-8-3-2-5-9-15-10-6-4-7-11-15;2*15-12-14(16)11-7-2-1-4-8-13-9-5-3-6-10-13;1-13(15)9-5-2-3-6-10-14-11-7-4-8-12-14;12-10-6-2-5-9-11-7-3-1-4-8-11;1-5(2,3)4;1-3(2)4;1-2(3)4;1-4(2)3/h5-15H,1H2,2-4H3;2-12H,13H2,1H3;1-11H,12H2;1-11,15H,12H2;2-12H,1H3;1-10H;1-3H3;1-2H3;1H3,(H,3,4);/b6-5+,12-8+,13-9+;3-2+,9-5+,12-8+;2*2-1+,8-4+,11-7+;3-2+,9-5+,10-6+;6-2+,9-5+;;;;. The van der Waals surface area contributed by atoms with Crippen LogP contribution < -0.4 is 0 Å². The van der Waals surface area contributed by atoms with Crippen LogP contribution in [-0.2, 0) is 52.0 Å². The van der Waals surface area contributed by atoms with E-state index in [1.54, 1.807) is 48.6 Å². The number of benzene rings is 6. The molecule has 6 rings (SSSR count). The molecule has 11 nitrogen and oxygen atoms in total. The van der Waals surface area contributed by atoms with E-state index >= 15 is 0 Å². The summed E-state index contributed by atoms with van der Waals surface area (Å²) in [6.07, 6.45) is 62.3. The van der Waals surface area contributed by atoms with Gasteiger partial charge >= 0.3 is 0 Å². The maximum Gasteiger partial charge on any atom is 0.242 e. The minimum absolute atomic E-state index is 0.0319. The highest BCUT2D eigenvalue weighted by Gasteiger charge is 2.15. The molecule has 1 N–H and O–H groups in total. The number of carbonyl (C=O) groups excluding carboxylic acids is 8. The number of alkyl halides is 1. The summed E-state index contributed by atoms with van der Waals surface area (Å²) in [5, 5.41) is 8.27. The Labute approximate surface area is 711 Å². The summed E-state index contributed by atoms with van der Waals surface area (Å²) < 4.78 is 14.8. The minimum Gasteiger partial charge on any atom is -0.545 e. The fourth-order valence-electron chi connectivity index (χ4n) is 6.72. The number of aliphatic hydroxyl groups is 1. The van der Waals surface area contributed by atoms with Crippen molar-refractivity contribution in [2.24, 2.45) is 0 Å². The van der Waals surface area contributed by atoms with E-state index in [0.29, 0.717) is 0 Å². The summed E-state index contributed by atoms with van der Waals surface area (Å²) in [7, 11) is 4.69. The minimum atomic E-state index is -1.67. The number of rotatable bonds is 29. The van der Waals surface area contributed by atoms with Crippen LogP contribution in [0.5, 0.6) is 0 Å². The number of hydrogen-bond donors (Lipinski definition) is 2. The first-order chi connectivity index (χ1) is 54.2. The highest BCUT2D eigenvalue weighted by Crippen LogP contribution is 2.11. The molecular weight excluding hydrogens is 1600 g/mol. The highest BCUT2D eigenvalue weighted by molar-refractivity contribution is 8.26. The van der Waals surface area contributed by atoms with Gasteiger partial charge in [-0.3, -0.25) is 33.6 Å². The molecule has 6 aromatic carbocycles. The second kappa shape index (κ2) is 78.5. The molecular formula is C94H108Cl4O11S3Si2. The maximum absolute atomic E-state index is 11.3. The van der Waals surface area contributed by atoms with Crippen LogP contribution in [0, 0.1) is 0 Å². The molecule has 0 unspecified atom stereocenters. The van der Waals surface area contributed by atoms with Crippen molar-refractivity contribution in [3.8, 4) is 0 Å². The summed E-state index contributed by atoms with van der Waals surface area (Å²) in [5.41, 5.74) is 6.90. The van der Waals surface area contributed by atoms with E-state index in [-0.39, 0.29) is 50.8 Å². The quantitative estimate of drug-likeness (QED) is 0.00522. The van der Waals surface area contributed by atoms with Gasteiger partial charge in [0.2, 0.25) is 17.5 Å². The van der Waals surface area contributed by atoms with Gasteiger partial charge in [0.1, 0.15) is 26.1 Å². The Kier molecular flexibility index (Phi) is 76.1. The molecule has 0 saturated carbocycles. The van der Waals surface area contributed by atoms with Crippen LogP contribution in [0.1, 0.15) is 68.0 Å². The Bertz CT molecular complexity index is 4080. The van der Waals surface area contributed by atoms with Gasteiger partial charge in [-0.1, -0.05) is 390 Å². The first-order valence-electron chi connectivity index (χ1n) is 35.3. The Morgan fingerprint density at radius 3 is 0.851 bits per heavy atom. The lowest BCUT2D eigenvalue weighted by molar-refractivity contribution is -0.117. The van der Waals surface area contributed by atoms with Crippen LogP contribution in [0.25, 0.3) is 36.5 Å². The summed E-state index contributed by atoms with van der Waals surface area (Å²) in [4.78, 5) is 82.6. The molecule has 0 heterocycles. The van der Waals surface area contributed by atoms with E-state index in [0.717, 1.165) is 51.6 Å². The number of thioether (sulfide) groups is 1. The number of halogens is 4. The van der Waals surface area contributed by atoms with E-state index in [1.807, 2.05) is 291 Å². The lowest BCUT2D eigenvalue weighted by Gasteiger charge is -2.18. The van der Waals surface area contributed by atoms with Crippen molar-refractivity contribution in [2.45, 2.75) is 73.9 Å². The third kappa shape index (κ3) is 98.3. The lowest BCUT2D eigenvalue weighted by atomic mass is 10.2. The summed E-state index contributed by atoms with van der Waals surface area (Å²) in [5.74, 6) is 0.762. The number of carbonyl (C=O) groups is 8. The smallest absolute Gasteiger partial charge is 0.242 e. The predicted molar refractivity (Wildman–Crippen MR) is 505 cm³/mol. The van der Waals surface area contributed by atoms with Crippen molar-refractivity contribution < 1.29 is 52.1 Å². The monoisotopic (exact) mass is 1700 g/mol. The van der Waals surface area contributed by atoms with Gasteiger partial charge in [0.05, 0.1) is 17.4 Å². The number of Topliss-reactive ketones (excluding diaryl/α,β-unsaturated/α-hetero) is 1. The second-order valence-electron chi connectivity index (χ2n) is 24.3. The molecule has 0 bridgehead atoms. The first-order valence-corrected chi connectivity index (χ1v) is 47.9. The Morgan fingerprint density at radius 2 is 0.632 bits per heavy atom. The molecule has 0 spiro atoms. The molecule has 0 atom stereocenters. The SMILES string of the molecule is C=C(/C=C/C=C/C=C/c1ccccc1)O[Si](C)(C)C.CC(=O)/C=C/C=C/C=C/c1ccccc1.CC(=O)S.CC(=O)SCC(=O)/C=C/C=C/C=C/c1ccccc1.CC(C)=O.C[Si](C)(C)Cl.O=C(/C=C/C=C/C=C/c1ccccc1)CCl.O=C(/C=C/C=C/C=C/c1ccccc1)CO.O=C/C=C/C=C/c1ccccc1.O=S(Cl)Cl. The summed E-state index contributed by atoms with van der Waals surface area (Å²) >= 11 is 15.4. The third-order valence-electron chi connectivity index (χ3n) is 11.1. The fraction of sp³-hybridized carbons (Fsp3) is 0.149. The zero-order valence-corrected chi connectivity index (χ0v) is 74.2. The largest absolute Gasteiger partial charge is 0.545 e. The molecule has 0 aliphatic rings. The summed E-state index contributed by atoms with van der Waals surface area (Å²) in [6, 6.07) is 60.1. The van der Waals surface area contributed by atoms with Crippen LogP contribution in [0.15, 0.2) is 364 Å². The van der Waals surface area contributed by atoms with Crippen LogP contribution in [-0.4, -0.2) is 88.7 Å². The van der Waals surface area contributed by atoms with E-state index in [2.05, 4.69) is 98.1 Å². The normalized spacial score (nSPS) is 11.4. The van der Waals surface area contributed by atoms with Gasteiger partial charge in [0.25, 0.3) is 0 Å². The Hall–Kier alpha value is -9.80. The van der Waals surface area contributed by atoms with Gasteiger partial charge in [-0.15, -0.1) is 24.2 Å². The lowest BCUT2D eigenvalue weighted by Crippen LogP contribution is -2.23. The van der Waals surface area contributed by atoms with Gasteiger partial charge in [-0.05, 0) is 110 Å². The van der Waals surface area contributed by atoms with Crippen LogP contribution >= 0.6 is 68.4 Å². The van der Waals surface area contributed by atoms with E-state index in [4.69, 9.17) is 36.4 Å². The topological polar surface area (TPSA) is 183 Å². The molecule has 0 aliphatic heterocycles. The average molecular weight is 1710 g/mol. The molecule has 0 radical (unpaired) electrons. The first kappa shape index (κ1) is 111. The number of thiol groups is 1. The van der Waals surface area contributed by atoms with Crippen molar-refractivity contribution in [3.05, 3.63) is 398 Å². The zero-order chi connectivity index (χ0) is 86.2. The Balaban J connectivity index is -0.000000613. The van der Waals surface area contributed by atoms with Crippen LogP contribution in [0.3, 0.4) is 0 Å². The van der Waals surface area contributed by atoms with Gasteiger partial charge in [0.15, 0.2) is 33.4 Å². The highest BCUT2D eigenvalue weighted by atomic mass is 36.0. The number of hydrogen-bond acceptors (Lipinski definition) is 12. The fourth-order valence-corrected chi connectivity index (χ4v) is 8.11. The van der Waals surface area contributed by atoms with Crippen molar-refractivity contribution in [2.75, 3.05) is 18.2 Å². The second-order valence-corrected chi connectivity index (χ2v) is 40.8. The molecule has 6 aromatic rings. The molecule has 0 amide bonds. The maximum atomic E-state index is 11.3. The van der Waals surface area contributed by atoms with E-state index < -0.39 is 31.5 Å². The third-order valence-corrected chi connectivity index (χ3v) is 13.1. The average Bonchev–Trinajstić information content (AvgIpc) is 0.969. The molecule has 0 aromatic heterocycles. The van der Waals surface area contributed by atoms with Gasteiger partial charge in [0, 0.05) is 35.2 Å². The van der Waals surface area contributed by atoms with Crippen molar-refractivity contribution in [1.82, 2.24) is 0 Å². The van der Waals surface area contributed by atoms with Gasteiger partial charge in [-0.2, -0.15) is 11.1 Å². The van der Waals surface area contributed by atoms with Gasteiger partial charge in [-0.25, -0.2) is 4.21 Å². The predicted octanol–water partition coefficient (Wildman–Crippen LogP) is 24.8. The van der Waals surface area contributed by atoms with Crippen molar-refractivity contribution in [1.29, 1.82) is 0 Å². The number of aldehydes is 1. The molecule has 114 heavy (non-hydrogen) atoms. The molecule has 0 saturated heterocycles. The number of ketones is 5. The summed E-state index contributed by atoms with van der Waals surface area (Å²) in [6.45, 7) is 23.6. The molecule has 604 valence electrons. The van der Waals surface area contributed by atoms with E-state index in [9.17, 15) is 38.4 Å². The van der Waals surface area contributed by atoms with Crippen LogP contribution in [0.2, 0.25) is 39.3 Å². The van der Waals surface area contributed by atoms with Crippen LogP contribution in [0.4, 0.5) is 0 Å². The zero-order valence-electron chi connectivity index (χ0n) is 66.7. The van der Waals surface area contributed by atoms with Crippen molar-refractivity contribution >= 4 is 175 Å². The molecule has 20 heteroatoms. The molecule has 0 fully saturated rings. The Morgan fingerprint density at radius 1 is 0.412 bits per heavy atom. The molecule has 0 aliphatic carbocycles. The van der Waals surface area contributed by atoms with E-state index in [1.165, 1.54) is 70.6 Å². The van der Waals surface area contributed by atoms with Gasteiger partial charge < -0.3 is 14.3 Å². The number of allylic oxidation sites excluding steroid dienone is 27. The number of aliphatic hydroxyl groups excluding tert-OH is 1.